The maximum Gasteiger partial charge on any atom is 0.252 e. The zero-order valence-corrected chi connectivity index (χ0v) is 19.2. The number of aryl methyl sites for hydroxylation is 1. The lowest BCUT2D eigenvalue weighted by molar-refractivity contribution is 0.0901. The number of rotatable bonds is 6. The highest BCUT2D eigenvalue weighted by molar-refractivity contribution is 9.11. The summed E-state index contributed by atoms with van der Waals surface area (Å²) in [7, 11) is -3.45. The zero-order chi connectivity index (χ0) is 20.1. The van der Waals surface area contributed by atoms with Gasteiger partial charge in [-0.25, -0.2) is 8.42 Å². The number of halogens is 1. The van der Waals surface area contributed by atoms with Crippen molar-refractivity contribution in [3.8, 4) is 0 Å². The van der Waals surface area contributed by atoms with Gasteiger partial charge in [0, 0.05) is 49.2 Å². The first-order valence-corrected chi connectivity index (χ1v) is 12.5. The van der Waals surface area contributed by atoms with Crippen LogP contribution in [0.15, 0.2) is 26.2 Å². The van der Waals surface area contributed by atoms with Crippen LogP contribution < -0.4 is 0 Å². The van der Waals surface area contributed by atoms with Crippen molar-refractivity contribution in [2.75, 3.05) is 32.7 Å². The monoisotopic (exact) mass is 485 g/mol. The number of thiophene rings is 1. The van der Waals surface area contributed by atoms with Crippen LogP contribution >= 0.6 is 27.3 Å². The normalized spacial score (nSPS) is 19.2. The molecule has 4 rings (SSSR count). The van der Waals surface area contributed by atoms with Crippen molar-refractivity contribution in [1.29, 1.82) is 0 Å². The van der Waals surface area contributed by atoms with E-state index in [0.29, 0.717) is 43.0 Å². The number of carbonyl (C=O) groups is 1. The Kier molecular flexibility index (Phi) is 5.56. The maximum atomic E-state index is 12.9. The summed E-state index contributed by atoms with van der Waals surface area (Å²) < 4.78 is 30.4. The van der Waals surface area contributed by atoms with Gasteiger partial charge in [-0.15, -0.1) is 11.3 Å². The van der Waals surface area contributed by atoms with E-state index in [0.717, 1.165) is 20.7 Å². The molecule has 6 nitrogen and oxygen atoms in total. The van der Waals surface area contributed by atoms with Crippen LogP contribution in [-0.2, 0) is 10.0 Å². The Balaban J connectivity index is 1.38. The van der Waals surface area contributed by atoms with E-state index >= 15 is 0 Å². The minimum Gasteiger partial charge on any atom is -0.345 e. The van der Waals surface area contributed by atoms with Crippen molar-refractivity contribution in [2.24, 2.45) is 0 Å². The predicted molar refractivity (Wildman–Crippen MR) is 114 cm³/mol. The van der Waals surface area contributed by atoms with Crippen LogP contribution in [0.3, 0.4) is 0 Å². The molecule has 152 valence electrons. The van der Waals surface area contributed by atoms with Crippen molar-refractivity contribution in [3.05, 3.63) is 38.9 Å². The molecule has 1 aliphatic heterocycles. The smallest absolute Gasteiger partial charge is 0.252 e. The third-order valence-corrected chi connectivity index (χ3v) is 9.53. The summed E-state index contributed by atoms with van der Waals surface area (Å²) in [5, 5.41) is 0. The lowest BCUT2D eigenvalue weighted by atomic mass is 10.1. The van der Waals surface area contributed by atoms with Gasteiger partial charge >= 0.3 is 0 Å². The number of carbonyl (C=O) groups excluding carboxylic acids is 1. The summed E-state index contributed by atoms with van der Waals surface area (Å²) in [6.45, 7) is 6.39. The predicted octanol–water partition coefficient (Wildman–Crippen LogP) is 3.45. The molecule has 1 aliphatic carbocycles. The molecule has 2 aliphatic rings. The number of nitrogens with zero attached hydrogens (tertiary/aromatic N) is 3. The van der Waals surface area contributed by atoms with E-state index in [4.69, 9.17) is 0 Å². The fraction of sp³-hybridized carbons (Fsp3) is 0.526. The first-order chi connectivity index (χ1) is 13.3. The Bertz CT molecular complexity index is 1000. The third-order valence-electron chi connectivity index (χ3n) is 5.54. The van der Waals surface area contributed by atoms with Crippen molar-refractivity contribution in [3.63, 3.8) is 0 Å². The van der Waals surface area contributed by atoms with Crippen LogP contribution in [0.2, 0.25) is 0 Å². The Morgan fingerprint density at radius 3 is 2.43 bits per heavy atom. The van der Waals surface area contributed by atoms with Crippen LogP contribution in [0.1, 0.15) is 40.6 Å². The van der Waals surface area contributed by atoms with Crippen molar-refractivity contribution >= 4 is 43.1 Å². The molecule has 0 unspecified atom stereocenters. The molecule has 2 aromatic heterocycles. The average Bonchev–Trinajstić information content (AvgIpc) is 3.30. The van der Waals surface area contributed by atoms with Crippen molar-refractivity contribution in [2.45, 2.75) is 36.9 Å². The SMILES string of the molecule is Cc1cc(C(=O)CN2CCN(S(=O)(=O)c3ccc(Br)s3)CC2)c(C)n1C1CC1. The fourth-order valence-corrected chi connectivity index (χ4v) is 7.52. The van der Waals surface area contributed by atoms with E-state index in [1.807, 2.05) is 13.0 Å². The van der Waals surface area contributed by atoms with Gasteiger partial charge in [0.05, 0.1) is 10.3 Å². The van der Waals surface area contributed by atoms with Crippen LogP contribution in [0.25, 0.3) is 0 Å². The standard InChI is InChI=1S/C19H24BrN3O3S2/c1-13-11-16(14(2)23(13)15-3-4-15)17(24)12-21-7-9-22(10-8-21)28(25,26)19-6-5-18(20)27-19/h5-6,11,15H,3-4,7-10,12H2,1-2H3. The van der Waals surface area contributed by atoms with Crippen molar-refractivity contribution in [1.82, 2.24) is 13.8 Å². The molecule has 0 radical (unpaired) electrons. The van der Waals surface area contributed by atoms with Crippen LogP contribution in [0.5, 0.6) is 0 Å². The largest absolute Gasteiger partial charge is 0.345 e. The molecule has 1 saturated heterocycles. The molecule has 0 spiro atoms. The van der Waals surface area contributed by atoms with Gasteiger partial charge in [0.25, 0.3) is 10.0 Å². The molecule has 0 amide bonds. The summed E-state index contributed by atoms with van der Waals surface area (Å²) in [4.78, 5) is 14.9. The van der Waals surface area contributed by atoms with E-state index in [-0.39, 0.29) is 5.78 Å². The van der Waals surface area contributed by atoms with Gasteiger partial charge in [0.15, 0.2) is 5.78 Å². The molecule has 9 heteroatoms. The number of aromatic nitrogens is 1. The highest BCUT2D eigenvalue weighted by Gasteiger charge is 2.32. The molecule has 0 N–H and O–H groups in total. The second-order valence-electron chi connectivity index (χ2n) is 7.55. The molecule has 2 aromatic rings. The maximum absolute atomic E-state index is 12.9. The van der Waals surface area contributed by atoms with Crippen LogP contribution in [0, 0.1) is 13.8 Å². The van der Waals surface area contributed by atoms with Crippen LogP contribution in [-0.4, -0.2) is 60.7 Å². The van der Waals surface area contributed by atoms with E-state index in [1.54, 1.807) is 12.1 Å². The quantitative estimate of drug-likeness (QED) is 0.587. The summed E-state index contributed by atoms with van der Waals surface area (Å²) >= 11 is 4.55. The van der Waals surface area contributed by atoms with Gasteiger partial charge in [0.1, 0.15) is 4.21 Å². The number of piperazine rings is 1. The molecule has 0 aromatic carbocycles. The number of Topliss-reactive ketones (excluding diaryl/α,β-unsaturated/α-hetero) is 1. The Morgan fingerprint density at radius 2 is 1.86 bits per heavy atom. The molecule has 28 heavy (non-hydrogen) atoms. The Labute approximate surface area is 178 Å². The Hall–Kier alpha value is -1.00. The molecule has 0 atom stereocenters. The number of hydrogen-bond acceptors (Lipinski definition) is 5. The Morgan fingerprint density at radius 1 is 1.18 bits per heavy atom. The average molecular weight is 486 g/mol. The lowest BCUT2D eigenvalue weighted by Crippen LogP contribution is -2.49. The van der Waals surface area contributed by atoms with Gasteiger partial charge < -0.3 is 4.57 Å². The number of hydrogen-bond donors (Lipinski definition) is 0. The van der Waals surface area contributed by atoms with E-state index in [9.17, 15) is 13.2 Å². The van der Waals surface area contributed by atoms with Gasteiger partial charge in [0.2, 0.25) is 0 Å². The van der Waals surface area contributed by atoms with Crippen molar-refractivity contribution < 1.29 is 13.2 Å². The third kappa shape index (κ3) is 3.87. The minimum atomic E-state index is -3.45. The lowest BCUT2D eigenvalue weighted by Gasteiger charge is -2.33. The second-order valence-corrected chi connectivity index (χ2v) is 12.2. The first-order valence-electron chi connectivity index (χ1n) is 9.47. The molecule has 1 saturated carbocycles. The number of sulfonamides is 1. The molecule has 2 fully saturated rings. The second kappa shape index (κ2) is 7.68. The van der Waals surface area contributed by atoms with Gasteiger partial charge in [-0.2, -0.15) is 4.31 Å². The number of ketones is 1. The van der Waals surface area contributed by atoms with Crippen LogP contribution in [0.4, 0.5) is 0 Å². The molecule has 3 heterocycles. The highest BCUT2D eigenvalue weighted by atomic mass is 79.9. The minimum absolute atomic E-state index is 0.124. The summed E-state index contributed by atoms with van der Waals surface area (Å²) in [6, 6.07) is 5.96. The molecular formula is C19H24BrN3O3S2. The summed E-state index contributed by atoms with van der Waals surface area (Å²) in [5.41, 5.74) is 3.03. The summed E-state index contributed by atoms with van der Waals surface area (Å²) in [5.74, 6) is 0.124. The van der Waals surface area contributed by atoms with Gasteiger partial charge in [-0.3, -0.25) is 9.69 Å². The summed E-state index contributed by atoms with van der Waals surface area (Å²) in [6.07, 6.45) is 2.39. The fourth-order valence-electron chi connectivity index (χ4n) is 3.93. The van der Waals surface area contributed by atoms with Gasteiger partial charge in [-0.1, -0.05) is 0 Å². The van der Waals surface area contributed by atoms with E-state index in [1.165, 1.54) is 28.5 Å². The zero-order valence-electron chi connectivity index (χ0n) is 16.0. The highest BCUT2D eigenvalue weighted by Crippen LogP contribution is 2.38. The first kappa shape index (κ1) is 20.3. The molecule has 0 bridgehead atoms. The molecular weight excluding hydrogens is 462 g/mol. The van der Waals surface area contributed by atoms with E-state index in [2.05, 4.69) is 32.3 Å². The van der Waals surface area contributed by atoms with Gasteiger partial charge in [-0.05, 0) is 60.8 Å². The topological polar surface area (TPSA) is 62.6 Å². The van der Waals surface area contributed by atoms with E-state index < -0.39 is 10.0 Å².